The van der Waals surface area contributed by atoms with Crippen LogP contribution < -0.4 is 0 Å². The van der Waals surface area contributed by atoms with Gasteiger partial charge < -0.3 is 14.2 Å². The summed E-state index contributed by atoms with van der Waals surface area (Å²) < 4.78 is 6.34. The van der Waals surface area contributed by atoms with Gasteiger partial charge in [-0.3, -0.25) is 0 Å². The quantitative estimate of drug-likeness (QED) is 0.864. The molecule has 0 saturated carbocycles. The number of hydrogen-bond acceptors (Lipinski definition) is 4. The van der Waals surface area contributed by atoms with Crippen LogP contribution in [-0.2, 0) is 11.2 Å². The zero-order valence-corrected chi connectivity index (χ0v) is 11.6. The van der Waals surface area contributed by atoms with Gasteiger partial charge in [-0.2, -0.15) is 0 Å². The molecule has 6 heteroatoms. The Balaban J connectivity index is 2.76. The first-order valence-corrected chi connectivity index (χ1v) is 6.27. The molecule has 2 heterocycles. The van der Waals surface area contributed by atoms with E-state index in [0.717, 1.165) is 0 Å². The molecule has 0 saturated heterocycles. The molecule has 0 aromatic carbocycles. The third-order valence-corrected chi connectivity index (χ3v) is 2.94. The summed E-state index contributed by atoms with van der Waals surface area (Å²) in [6.45, 7) is 4.04. The lowest BCUT2D eigenvalue weighted by molar-refractivity contribution is 0.0602. The number of carboxylic acids is 1. The average molecular weight is 276 g/mol. The van der Waals surface area contributed by atoms with E-state index in [1.54, 1.807) is 16.7 Å². The van der Waals surface area contributed by atoms with Crippen molar-refractivity contribution in [2.24, 2.45) is 5.92 Å². The number of imidazole rings is 1. The summed E-state index contributed by atoms with van der Waals surface area (Å²) in [7, 11) is 1.26. The van der Waals surface area contributed by atoms with Crippen LogP contribution in [0.3, 0.4) is 0 Å². The Kier molecular flexibility index (Phi) is 3.74. The van der Waals surface area contributed by atoms with Crippen molar-refractivity contribution in [3.05, 3.63) is 35.4 Å². The number of aromatic carboxylic acids is 1. The number of carbonyl (C=O) groups is 2. The molecule has 2 aromatic heterocycles. The summed E-state index contributed by atoms with van der Waals surface area (Å²) in [5.74, 6) is -0.787. The molecule has 2 aromatic rings. The van der Waals surface area contributed by atoms with E-state index in [1.807, 2.05) is 13.8 Å². The zero-order valence-electron chi connectivity index (χ0n) is 11.6. The molecular formula is C14H16N2O4. The van der Waals surface area contributed by atoms with E-state index in [4.69, 9.17) is 4.74 Å². The van der Waals surface area contributed by atoms with Gasteiger partial charge in [0, 0.05) is 12.6 Å². The van der Waals surface area contributed by atoms with E-state index >= 15 is 0 Å². The Morgan fingerprint density at radius 1 is 1.45 bits per heavy atom. The summed E-state index contributed by atoms with van der Waals surface area (Å²) in [5.41, 5.74) is 0.360. The number of nitrogens with zero attached hydrogens (tertiary/aromatic N) is 2. The number of methoxy groups -OCH3 is 1. The zero-order chi connectivity index (χ0) is 14.9. The van der Waals surface area contributed by atoms with E-state index < -0.39 is 11.9 Å². The Bertz CT molecular complexity index is 673. The van der Waals surface area contributed by atoms with Crippen molar-refractivity contribution in [2.45, 2.75) is 20.3 Å². The summed E-state index contributed by atoms with van der Waals surface area (Å²) >= 11 is 0. The van der Waals surface area contributed by atoms with Crippen molar-refractivity contribution in [2.75, 3.05) is 7.11 Å². The molecule has 0 aliphatic heterocycles. The first-order valence-electron chi connectivity index (χ1n) is 6.27. The van der Waals surface area contributed by atoms with Crippen LogP contribution >= 0.6 is 0 Å². The fourth-order valence-electron chi connectivity index (χ4n) is 2.13. The normalized spacial score (nSPS) is 11.0. The van der Waals surface area contributed by atoms with E-state index in [9.17, 15) is 14.7 Å². The van der Waals surface area contributed by atoms with Gasteiger partial charge in [-0.1, -0.05) is 13.8 Å². The molecule has 0 bridgehead atoms. The predicted molar refractivity (Wildman–Crippen MR) is 72.0 cm³/mol. The van der Waals surface area contributed by atoms with Crippen LogP contribution in [0.15, 0.2) is 18.3 Å². The summed E-state index contributed by atoms with van der Waals surface area (Å²) in [6, 6.07) is 3.21. The fourth-order valence-corrected chi connectivity index (χ4v) is 2.13. The molecule has 0 radical (unpaired) electrons. The van der Waals surface area contributed by atoms with Crippen molar-refractivity contribution >= 4 is 17.5 Å². The lowest BCUT2D eigenvalue weighted by Crippen LogP contribution is -2.07. The van der Waals surface area contributed by atoms with Crippen LogP contribution in [-0.4, -0.2) is 33.5 Å². The SMILES string of the molecule is COC(=O)c1cccn2c(CC(C)C)nc(C(=O)O)c12. The number of esters is 1. The molecule has 0 aliphatic carbocycles. The molecule has 0 spiro atoms. The second-order valence-electron chi connectivity index (χ2n) is 4.91. The maximum absolute atomic E-state index is 11.8. The van der Waals surface area contributed by atoms with Crippen LogP contribution in [0.2, 0.25) is 0 Å². The molecule has 0 fully saturated rings. The van der Waals surface area contributed by atoms with Crippen molar-refractivity contribution in [3.8, 4) is 0 Å². The number of carboxylic acid groups (broad SMARTS) is 1. The summed E-state index contributed by atoms with van der Waals surface area (Å²) in [6.07, 6.45) is 2.33. The van der Waals surface area contributed by atoms with Gasteiger partial charge >= 0.3 is 11.9 Å². The lowest BCUT2D eigenvalue weighted by atomic mass is 10.1. The number of aromatic nitrogens is 2. The average Bonchev–Trinajstić information content (AvgIpc) is 2.76. The van der Waals surface area contributed by atoms with Crippen LogP contribution in [0.1, 0.15) is 40.5 Å². The molecule has 2 rings (SSSR count). The maximum Gasteiger partial charge on any atom is 0.356 e. The second-order valence-corrected chi connectivity index (χ2v) is 4.91. The van der Waals surface area contributed by atoms with Gasteiger partial charge in [-0.05, 0) is 18.1 Å². The van der Waals surface area contributed by atoms with Crippen molar-refractivity contribution in [1.29, 1.82) is 0 Å². The molecule has 106 valence electrons. The van der Waals surface area contributed by atoms with E-state index in [-0.39, 0.29) is 16.8 Å². The Morgan fingerprint density at radius 2 is 2.15 bits per heavy atom. The highest BCUT2D eigenvalue weighted by atomic mass is 16.5. The van der Waals surface area contributed by atoms with Gasteiger partial charge in [-0.25, -0.2) is 14.6 Å². The van der Waals surface area contributed by atoms with Crippen molar-refractivity contribution in [3.63, 3.8) is 0 Å². The summed E-state index contributed by atoms with van der Waals surface area (Å²) in [5, 5.41) is 9.28. The predicted octanol–water partition coefficient (Wildman–Crippen LogP) is 2.02. The highest BCUT2D eigenvalue weighted by molar-refractivity contribution is 6.04. The third kappa shape index (κ3) is 2.36. The first-order chi connectivity index (χ1) is 9.45. The van der Waals surface area contributed by atoms with Crippen LogP contribution in [0.25, 0.3) is 5.52 Å². The third-order valence-electron chi connectivity index (χ3n) is 2.94. The Morgan fingerprint density at radius 3 is 2.70 bits per heavy atom. The van der Waals surface area contributed by atoms with E-state index in [2.05, 4.69) is 4.98 Å². The minimum Gasteiger partial charge on any atom is -0.476 e. The molecule has 0 aliphatic rings. The largest absolute Gasteiger partial charge is 0.476 e. The molecule has 0 amide bonds. The fraction of sp³-hybridized carbons (Fsp3) is 0.357. The van der Waals surface area contributed by atoms with E-state index in [0.29, 0.717) is 18.2 Å². The molecule has 6 nitrogen and oxygen atoms in total. The summed E-state index contributed by atoms with van der Waals surface area (Å²) in [4.78, 5) is 27.3. The van der Waals surface area contributed by atoms with Crippen LogP contribution in [0.5, 0.6) is 0 Å². The van der Waals surface area contributed by atoms with Gasteiger partial charge in [0.1, 0.15) is 5.82 Å². The van der Waals surface area contributed by atoms with Gasteiger partial charge in [0.15, 0.2) is 5.69 Å². The molecule has 1 N–H and O–H groups in total. The van der Waals surface area contributed by atoms with Crippen LogP contribution in [0.4, 0.5) is 0 Å². The standard InChI is InChI=1S/C14H16N2O4/c1-8(2)7-10-15-11(13(17)18)12-9(14(19)20-3)5-4-6-16(10)12/h4-6,8H,7H2,1-3H3,(H,17,18). The molecule has 0 atom stereocenters. The number of hydrogen-bond donors (Lipinski definition) is 1. The number of pyridine rings is 1. The number of ether oxygens (including phenoxy) is 1. The molecule has 20 heavy (non-hydrogen) atoms. The monoisotopic (exact) mass is 276 g/mol. The van der Waals surface area contributed by atoms with Crippen molar-refractivity contribution < 1.29 is 19.4 Å². The van der Waals surface area contributed by atoms with Gasteiger partial charge in [-0.15, -0.1) is 0 Å². The maximum atomic E-state index is 11.8. The Hall–Kier alpha value is -2.37. The van der Waals surface area contributed by atoms with E-state index in [1.165, 1.54) is 13.2 Å². The lowest BCUT2D eigenvalue weighted by Gasteiger charge is -2.06. The Labute approximate surface area is 116 Å². The second kappa shape index (κ2) is 5.32. The minimum atomic E-state index is -1.16. The topological polar surface area (TPSA) is 80.9 Å². The van der Waals surface area contributed by atoms with Gasteiger partial charge in [0.05, 0.1) is 18.2 Å². The van der Waals surface area contributed by atoms with Crippen molar-refractivity contribution in [1.82, 2.24) is 9.38 Å². The molecule has 0 unspecified atom stereocenters. The minimum absolute atomic E-state index is 0.123. The number of fused-ring (bicyclic) bond motifs is 1. The number of carbonyl (C=O) groups excluding carboxylic acids is 1. The highest BCUT2D eigenvalue weighted by Crippen LogP contribution is 2.20. The van der Waals surface area contributed by atoms with Crippen LogP contribution in [0, 0.1) is 5.92 Å². The van der Waals surface area contributed by atoms with Gasteiger partial charge in [0.25, 0.3) is 0 Å². The first kappa shape index (κ1) is 14.0. The van der Waals surface area contributed by atoms with Gasteiger partial charge in [0.2, 0.25) is 0 Å². The number of rotatable bonds is 4. The molecular weight excluding hydrogens is 260 g/mol. The highest BCUT2D eigenvalue weighted by Gasteiger charge is 2.23. The smallest absolute Gasteiger partial charge is 0.356 e.